The number of hydrogen-bond acceptors (Lipinski definition) is 4. The molecule has 30 heavy (non-hydrogen) atoms. The Morgan fingerprint density at radius 1 is 1.07 bits per heavy atom. The van der Waals surface area contributed by atoms with Gasteiger partial charge in [0, 0.05) is 15.7 Å². The maximum Gasteiger partial charge on any atom is 0.265 e. The molecule has 0 fully saturated rings. The number of imidazole rings is 1. The zero-order valence-corrected chi connectivity index (χ0v) is 18.8. The lowest BCUT2D eigenvalue weighted by Crippen LogP contribution is -2.15. The van der Waals surface area contributed by atoms with Crippen molar-refractivity contribution in [2.24, 2.45) is 0 Å². The van der Waals surface area contributed by atoms with E-state index in [-0.39, 0.29) is 10.8 Å². The molecule has 0 amide bonds. The number of nitrogens with one attached hydrogen (secondary N) is 2. The van der Waals surface area contributed by atoms with Crippen molar-refractivity contribution >= 4 is 50.4 Å². The summed E-state index contributed by atoms with van der Waals surface area (Å²) in [4.78, 5) is 8.15. The van der Waals surface area contributed by atoms with E-state index in [0.717, 1.165) is 16.6 Å². The van der Waals surface area contributed by atoms with Crippen LogP contribution in [0.1, 0.15) is 16.7 Å². The van der Waals surface area contributed by atoms with Crippen LogP contribution in [0.25, 0.3) is 11.0 Å². The highest BCUT2D eigenvalue weighted by atomic mass is 35.5. The predicted octanol–water partition coefficient (Wildman–Crippen LogP) is 5.93. The van der Waals surface area contributed by atoms with Crippen LogP contribution >= 0.6 is 23.4 Å². The van der Waals surface area contributed by atoms with Crippen LogP contribution in [-0.2, 0) is 15.8 Å². The molecule has 154 valence electrons. The van der Waals surface area contributed by atoms with Gasteiger partial charge >= 0.3 is 0 Å². The van der Waals surface area contributed by atoms with Gasteiger partial charge in [0.25, 0.3) is 10.0 Å². The fourth-order valence-electron chi connectivity index (χ4n) is 3.05. The molecular formula is C22H20ClN3O2S2. The number of H-pyrrole nitrogens is 1. The van der Waals surface area contributed by atoms with Crippen molar-refractivity contribution in [3.8, 4) is 0 Å². The average molecular weight is 458 g/mol. The summed E-state index contributed by atoms with van der Waals surface area (Å²) in [5.41, 5.74) is 4.33. The van der Waals surface area contributed by atoms with Crippen LogP contribution in [0.5, 0.6) is 0 Å². The standard InChI is InChI=1S/C22H20ClN3O2S2/c1-14-8-9-18-19(10-14)25-22(24-18)26-30(27,28)21-11-15(2)17(23)12-20(21)29-13-16-6-4-3-5-7-16/h3-12H,13H2,1-2H3,(H2,24,25,26). The Bertz CT molecular complexity index is 1320. The van der Waals surface area contributed by atoms with Gasteiger partial charge in [0.2, 0.25) is 5.95 Å². The second-order valence-electron chi connectivity index (χ2n) is 7.03. The van der Waals surface area contributed by atoms with Crippen molar-refractivity contribution in [3.63, 3.8) is 0 Å². The summed E-state index contributed by atoms with van der Waals surface area (Å²) < 4.78 is 29.0. The van der Waals surface area contributed by atoms with E-state index in [1.165, 1.54) is 11.8 Å². The van der Waals surface area contributed by atoms with Gasteiger partial charge in [-0.15, -0.1) is 11.8 Å². The minimum atomic E-state index is -3.87. The fourth-order valence-corrected chi connectivity index (χ4v) is 5.82. The van der Waals surface area contributed by atoms with E-state index in [1.54, 1.807) is 19.1 Å². The molecule has 0 atom stereocenters. The molecule has 8 heteroatoms. The van der Waals surface area contributed by atoms with E-state index in [1.807, 2.05) is 55.5 Å². The molecule has 0 saturated heterocycles. The van der Waals surface area contributed by atoms with Crippen LogP contribution in [0.4, 0.5) is 5.95 Å². The van der Waals surface area contributed by atoms with Crippen molar-refractivity contribution < 1.29 is 8.42 Å². The van der Waals surface area contributed by atoms with E-state index >= 15 is 0 Å². The Morgan fingerprint density at radius 2 is 1.83 bits per heavy atom. The zero-order valence-electron chi connectivity index (χ0n) is 16.4. The number of fused-ring (bicyclic) bond motifs is 1. The molecule has 4 aromatic rings. The van der Waals surface area contributed by atoms with Gasteiger partial charge in [0.1, 0.15) is 4.90 Å². The molecule has 5 nitrogen and oxygen atoms in total. The lowest BCUT2D eigenvalue weighted by atomic mass is 10.2. The molecule has 4 rings (SSSR count). The lowest BCUT2D eigenvalue weighted by molar-refractivity contribution is 0.599. The minimum Gasteiger partial charge on any atom is -0.323 e. The van der Waals surface area contributed by atoms with Gasteiger partial charge in [-0.2, -0.15) is 0 Å². The minimum absolute atomic E-state index is 0.182. The highest BCUT2D eigenvalue weighted by Crippen LogP contribution is 2.34. The van der Waals surface area contributed by atoms with Crippen molar-refractivity contribution in [2.75, 3.05) is 4.72 Å². The maximum absolute atomic E-state index is 13.2. The van der Waals surface area contributed by atoms with Crippen LogP contribution < -0.4 is 4.72 Å². The van der Waals surface area contributed by atoms with Crippen LogP contribution in [0.2, 0.25) is 5.02 Å². The zero-order chi connectivity index (χ0) is 21.3. The molecule has 1 aromatic heterocycles. The number of aryl methyl sites for hydroxylation is 2. The van der Waals surface area contributed by atoms with Crippen LogP contribution in [-0.4, -0.2) is 18.4 Å². The summed E-state index contributed by atoms with van der Waals surface area (Å²) in [5.74, 6) is 0.814. The molecule has 0 aliphatic heterocycles. The first kappa shape index (κ1) is 20.8. The first-order valence-electron chi connectivity index (χ1n) is 9.28. The number of rotatable bonds is 6. The summed E-state index contributed by atoms with van der Waals surface area (Å²) in [5, 5.41) is 0.531. The number of sulfonamides is 1. The van der Waals surface area contributed by atoms with Gasteiger partial charge in [-0.3, -0.25) is 0 Å². The Hall–Kier alpha value is -2.48. The third-order valence-corrected chi connectivity index (χ3v) is 7.66. The van der Waals surface area contributed by atoms with Crippen molar-refractivity contribution in [3.05, 3.63) is 82.4 Å². The molecule has 2 N–H and O–H groups in total. The number of benzene rings is 3. The third kappa shape index (κ3) is 4.48. The quantitative estimate of drug-likeness (QED) is 0.352. The molecule has 0 aliphatic rings. The molecule has 0 radical (unpaired) electrons. The Kier molecular flexibility index (Phi) is 5.77. The average Bonchev–Trinajstić information content (AvgIpc) is 3.09. The number of halogens is 1. The summed E-state index contributed by atoms with van der Waals surface area (Å²) in [7, 11) is -3.87. The first-order chi connectivity index (χ1) is 14.3. The Balaban J connectivity index is 1.67. The summed E-state index contributed by atoms with van der Waals surface area (Å²) in [6.45, 7) is 3.76. The van der Waals surface area contributed by atoms with Gasteiger partial charge in [0.05, 0.1) is 11.0 Å². The van der Waals surface area contributed by atoms with E-state index in [4.69, 9.17) is 11.6 Å². The molecule has 0 unspecified atom stereocenters. The maximum atomic E-state index is 13.2. The summed E-state index contributed by atoms with van der Waals surface area (Å²) in [6.07, 6.45) is 0. The lowest BCUT2D eigenvalue weighted by Gasteiger charge is -2.13. The molecular weight excluding hydrogens is 438 g/mol. The predicted molar refractivity (Wildman–Crippen MR) is 124 cm³/mol. The number of anilines is 1. The topological polar surface area (TPSA) is 74.8 Å². The van der Waals surface area contributed by atoms with Gasteiger partial charge < -0.3 is 4.98 Å². The monoisotopic (exact) mass is 457 g/mol. The molecule has 1 heterocycles. The van der Waals surface area contributed by atoms with E-state index < -0.39 is 10.0 Å². The molecule has 0 bridgehead atoms. The van der Waals surface area contributed by atoms with Crippen molar-refractivity contribution in [1.82, 2.24) is 9.97 Å². The van der Waals surface area contributed by atoms with Gasteiger partial charge in [-0.1, -0.05) is 48.0 Å². The van der Waals surface area contributed by atoms with Gasteiger partial charge in [0.15, 0.2) is 0 Å². The van der Waals surface area contributed by atoms with Gasteiger partial charge in [-0.05, 0) is 54.8 Å². The van der Waals surface area contributed by atoms with E-state index in [0.29, 0.717) is 26.8 Å². The molecule has 3 aromatic carbocycles. The highest BCUT2D eigenvalue weighted by molar-refractivity contribution is 7.99. The summed E-state index contributed by atoms with van der Waals surface area (Å²) >= 11 is 7.73. The number of thioether (sulfide) groups is 1. The van der Waals surface area contributed by atoms with Crippen molar-refractivity contribution in [2.45, 2.75) is 29.4 Å². The van der Waals surface area contributed by atoms with Crippen LogP contribution in [0.3, 0.4) is 0 Å². The summed E-state index contributed by atoms with van der Waals surface area (Å²) in [6, 6.07) is 18.9. The Morgan fingerprint density at radius 3 is 2.60 bits per heavy atom. The number of nitrogens with zero attached hydrogens (tertiary/aromatic N) is 1. The van der Waals surface area contributed by atoms with Crippen LogP contribution in [0, 0.1) is 13.8 Å². The SMILES string of the molecule is Cc1ccc2nc(NS(=O)(=O)c3cc(C)c(Cl)cc3SCc3ccccc3)[nH]c2c1. The smallest absolute Gasteiger partial charge is 0.265 e. The van der Waals surface area contributed by atoms with Crippen LogP contribution in [0.15, 0.2) is 70.5 Å². The normalized spacial score (nSPS) is 11.7. The third-order valence-electron chi connectivity index (χ3n) is 4.62. The fraction of sp³-hybridized carbons (Fsp3) is 0.136. The molecule has 0 saturated carbocycles. The van der Waals surface area contributed by atoms with Crippen molar-refractivity contribution in [1.29, 1.82) is 0 Å². The van der Waals surface area contributed by atoms with E-state index in [9.17, 15) is 8.42 Å². The second kappa shape index (κ2) is 8.34. The number of aromatic amines is 1. The second-order valence-corrected chi connectivity index (χ2v) is 10.1. The molecule has 0 spiro atoms. The first-order valence-corrected chi connectivity index (χ1v) is 12.1. The number of hydrogen-bond donors (Lipinski definition) is 2. The number of aromatic nitrogens is 2. The Labute approximate surface area is 184 Å². The highest BCUT2D eigenvalue weighted by Gasteiger charge is 2.22. The van der Waals surface area contributed by atoms with E-state index in [2.05, 4.69) is 14.7 Å². The van der Waals surface area contributed by atoms with Gasteiger partial charge in [-0.25, -0.2) is 18.1 Å². The largest absolute Gasteiger partial charge is 0.323 e. The molecule has 0 aliphatic carbocycles.